The monoisotopic (exact) mass is 491 g/mol. The molecule has 3 heterocycles. The van der Waals surface area contributed by atoms with E-state index < -0.39 is 6.36 Å². The molecule has 35 heavy (non-hydrogen) atoms. The van der Waals surface area contributed by atoms with E-state index in [9.17, 15) is 18.0 Å². The minimum Gasteiger partial charge on any atom is -0.497 e. The molecule has 5 rings (SSSR count). The topological polar surface area (TPSA) is 54.5 Å². The summed E-state index contributed by atoms with van der Waals surface area (Å²) >= 11 is 0. The van der Waals surface area contributed by atoms with E-state index in [0.29, 0.717) is 44.2 Å². The van der Waals surface area contributed by atoms with Gasteiger partial charge < -0.3 is 19.1 Å². The maximum absolute atomic E-state index is 13.4. The molecule has 1 spiro atoms. The Morgan fingerprint density at radius 2 is 1.89 bits per heavy atom. The molecule has 7 nitrogen and oxygen atoms in total. The molecule has 10 heteroatoms. The zero-order valence-electron chi connectivity index (χ0n) is 19.5. The number of hydrogen-bond donors (Lipinski definition) is 0. The summed E-state index contributed by atoms with van der Waals surface area (Å²) < 4.78 is 52.2. The van der Waals surface area contributed by atoms with Crippen LogP contribution >= 0.6 is 0 Å². The predicted octanol–water partition coefficient (Wildman–Crippen LogP) is 3.01. The van der Waals surface area contributed by atoms with E-state index in [0.717, 1.165) is 25.2 Å². The lowest BCUT2D eigenvalue weighted by Gasteiger charge is -2.63. The summed E-state index contributed by atoms with van der Waals surface area (Å²) in [6, 6.07) is 13.3. The lowest BCUT2D eigenvalue weighted by atomic mass is 9.82. The van der Waals surface area contributed by atoms with Gasteiger partial charge in [-0.05, 0) is 35.9 Å². The molecule has 0 unspecified atom stereocenters. The number of fused-ring (bicyclic) bond motifs is 2. The van der Waals surface area contributed by atoms with Gasteiger partial charge in [0.05, 0.1) is 31.9 Å². The Morgan fingerprint density at radius 1 is 1.11 bits per heavy atom. The van der Waals surface area contributed by atoms with Crippen LogP contribution in [0.15, 0.2) is 48.5 Å². The van der Waals surface area contributed by atoms with Crippen molar-refractivity contribution in [1.29, 1.82) is 0 Å². The van der Waals surface area contributed by atoms with Gasteiger partial charge in [-0.25, -0.2) is 0 Å². The number of alkyl halides is 3. The Morgan fingerprint density at radius 3 is 2.60 bits per heavy atom. The van der Waals surface area contributed by atoms with E-state index in [1.54, 1.807) is 31.4 Å². The summed E-state index contributed by atoms with van der Waals surface area (Å²) in [7, 11) is 1.58. The minimum absolute atomic E-state index is 0.0211. The summed E-state index contributed by atoms with van der Waals surface area (Å²) in [5.74, 6) is 0.398. The highest BCUT2D eigenvalue weighted by Crippen LogP contribution is 2.37. The zero-order chi connectivity index (χ0) is 24.6. The Balaban J connectivity index is 1.27. The number of benzene rings is 2. The molecular formula is C25H28F3N3O4. The fourth-order valence-corrected chi connectivity index (χ4v) is 5.52. The van der Waals surface area contributed by atoms with E-state index in [2.05, 4.69) is 14.5 Å². The molecule has 3 aliphatic rings. The van der Waals surface area contributed by atoms with Crippen LogP contribution in [0.4, 0.5) is 13.2 Å². The van der Waals surface area contributed by atoms with Crippen LogP contribution in [0.2, 0.25) is 0 Å². The number of ether oxygens (including phenoxy) is 3. The molecule has 3 aliphatic heterocycles. The van der Waals surface area contributed by atoms with Crippen LogP contribution in [0.1, 0.15) is 15.9 Å². The number of halogens is 3. The van der Waals surface area contributed by atoms with Gasteiger partial charge >= 0.3 is 6.36 Å². The molecule has 3 fully saturated rings. The molecule has 188 valence electrons. The van der Waals surface area contributed by atoms with E-state index in [-0.39, 0.29) is 23.2 Å². The van der Waals surface area contributed by atoms with Crippen LogP contribution in [0, 0.1) is 0 Å². The molecule has 0 aliphatic carbocycles. The molecule has 0 saturated carbocycles. The lowest BCUT2D eigenvalue weighted by Crippen LogP contribution is -2.80. The third kappa shape index (κ3) is 5.10. The normalized spacial score (nSPS) is 22.4. The van der Waals surface area contributed by atoms with Crippen LogP contribution in [0.25, 0.3) is 0 Å². The highest BCUT2D eigenvalue weighted by molar-refractivity contribution is 5.94. The van der Waals surface area contributed by atoms with Crippen LogP contribution < -0.4 is 9.47 Å². The number of carbonyl (C=O) groups excluding carboxylic acids is 1. The number of carbonyl (C=O) groups is 1. The predicted molar refractivity (Wildman–Crippen MR) is 121 cm³/mol. The second-order valence-electron chi connectivity index (χ2n) is 9.40. The van der Waals surface area contributed by atoms with Gasteiger partial charge in [-0.15, -0.1) is 13.2 Å². The number of piperazine rings is 1. The Bertz CT molecular complexity index is 1060. The van der Waals surface area contributed by atoms with E-state index >= 15 is 0 Å². The van der Waals surface area contributed by atoms with Gasteiger partial charge in [0.1, 0.15) is 11.5 Å². The van der Waals surface area contributed by atoms with Gasteiger partial charge in [-0.1, -0.05) is 18.2 Å². The van der Waals surface area contributed by atoms with Crippen LogP contribution in [0.3, 0.4) is 0 Å². The van der Waals surface area contributed by atoms with Gasteiger partial charge in [0, 0.05) is 44.8 Å². The van der Waals surface area contributed by atoms with Crippen LogP contribution in [-0.4, -0.2) is 91.6 Å². The second kappa shape index (κ2) is 9.33. The Hall–Kier alpha value is -2.82. The van der Waals surface area contributed by atoms with Crippen molar-refractivity contribution in [3.8, 4) is 11.5 Å². The summed E-state index contributed by atoms with van der Waals surface area (Å²) in [5, 5.41) is 0. The molecule has 0 aromatic heterocycles. The minimum atomic E-state index is -4.70. The number of methoxy groups -OCH3 is 1. The highest BCUT2D eigenvalue weighted by atomic mass is 19.4. The number of likely N-dealkylation sites (tertiary alicyclic amines) is 1. The Kier molecular flexibility index (Phi) is 6.37. The van der Waals surface area contributed by atoms with Crippen molar-refractivity contribution in [3.05, 3.63) is 59.7 Å². The van der Waals surface area contributed by atoms with E-state index in [1.807, 2.05) is 17.0 Å². The summed E-state index contributed by atoms with van der Waals surface area (Å²) in [4.78, 5) is 20.0. The fourth-order valence-electron chi connectivity index (χ4n) is 5.52. The van der Waals surface area contributed by atoms with Crippen molar-refractivity contribution in [3.63, 3.8) is 0 Å². The third-order valence-electron chi connectivity index (χ3n) is 6.96. The molecule has 0 radical (unpaired) electrons. The molecule has 0 bridgehead atoms. The first-order valence-corrected chi connectivity index (χ1v) is 11.6. The van der Waals surface area contributed by atoms with Crippen molar-refractivity contribution in [2.45, 2.75) is 24.5 Å². The quantitative estimate of drug-likeness (QED) is 0.641. The molecule has 2 aromatic carbocycles. The number of rotatable bonds is 5. The highest BCUT2D eigenvalue weighted by Gasteiger charge is 2.54. The molecule has 3 saturated heterocycles. The molecule has 1 amide bonds. The molecule has 2 aromatic rings. The smallest absolute Gasteiger partial charge is 0.497 e. The number of nitrogens with zero attached hydrogens (tertiary/aromatic N) is 3. The average Bonchev–Trinajstić information content (AvgIpc) is 2.82. The van der Waals surface area contributed by atoms with Gasteiger partial charge in [0.15, 0.2) is 0 Å². The maximum atomic E-state index is 13.4. The zero-order valence-corrected chi connectivity index (χ0v) is 19.5. The Labute approximate surface area is 201 Å². The van der Waals surface area contributed by atoms with Crippen molar-refractivity contribution in [1.82, 2.24) is 14.7 Å². The second-order valence-corrected chi connectivity index (χ2v) is 9.40. The van der Waals surface area contributed by atoms with Crippen molar-refractivity contribution >= 4 is 5.91 Å². The summed E-state index contributed by atoms with van der Waals surface area (Å²) in [6.07, 6.45) is -4.70. The van der Waals surface area contributed by atoms with E-state index in [1.165, 1.54) is 12.1 Å². The SMILES string of the molecule is COc1cccc(C(=O)N2C[C@@H]3COCCN3C3(CN(Cc4ccc(OC(F)(F)F)cc4)C3)C2)c1. The first-order chi connectivity index (χ1) is 16.7. The van der Waals surface area contributed by atoms with Gasteiger partial charge in [-0.3, -0.25) is 14.6 Å². The van der Waals surface area contributed by atoms with Gasteiger partial charge in [0.2, 0.25) is 0 Å². The molecule has 0 N–H and O–H groups in total. The lowest BCUT2D eigenvalue weighted by molar-refractivity contribution is -0.274. The van der Waals surface area contributed by atoms with Crippen molar-refractivity contribution in [2.75, 3.05) is 53.0 Å². The van der Waals surface area contributed by atoms with Crippen molar-refractivity contribution < 1.29 is 32.2 Å². The van der Waals surface area contributed by atoms with E-state index in [4.69, 9.17) is 9.47 Å². The molecular weight excluding hydrogens is 463 g/mol. The van der Waals surface area contributed by atoms with Gasteiger partial charge in [-0.2, -0.15) is 0 Å². The number of amides is 1. The number of hydrogen-bond acceptors (Lipinski definition) is 6. The fraction of sp³-hybridized carbons (Fsp3) is 0.480. The first-order valence-electron chi connectivity index (χ1n) is 11.6. The molecule has 1 atom stereocenters. The largest absolute Gasteiger partial charge is 0.573 e. The number of morpholine rings is 1. The maximum Gasteiger partial charge on any atom is 0.573 e. The van der Waals surface area contributed by atoms with Crippen LogP contribution in [0.5, 0.6) is 11.5 Å². The van der Waals surface area contributed by atoms with Crippen molar-refractivity contribution in [2.24, 2.45) is 0 Å². The average molecular weight is 492 g/mol. The summed E-state index contributed by atoms with van der Waals surface area (Å²) in [6.45, 7) is 5.47. The van der Waals surface area contributed by atoms with Crippen LogP contribution in [-0.2, 0) is 11.3 Å². The summed E-state index contributed by atoms with van der Waals surface area (Å²) in [5.41, 5.74) is 1.34. The first kappa shape index (κ1) is 23.9. The third-order valence-corrected chi connectivity index (χ3v) is 6.96. The standard InChI is InChI=1S/C25H28F3N3O4/c1-33-22-4-2-3-19(11-22)23(32)30-13-20-14-34-10-9-31(20)24(17-30)15-29(16-24)12-18-5-7-21(8-6-18)35-25(26,27)28/h2-8,11,20H,9-10,12-17H2,1H3/t20-/m1/s1. The van der Waals surface area contributed by atoms with Gasteiger partial charge in [0.25, 0.3) is 5.91 Å².